The quantitative estimate of drug-likeness (QED) is 0.747. The lowest BCUT2D eigenvalue weighted by atomic mass is 9.98. The summed E-state index contributed by atoms with van der Waals surface area (Å²) < 4.78 is 0. The summed E-state index contributed by atoms with van der Waals surface area (Å²) in [5, 5.41) is 0. The molecule has 0 aromatic heterocycles. The number of likely N-dealkylation sites (tertiary alicyclic amines) is 1. The Morgan fingerprint density at radius 3 is 2.71 bits per heavy atom. The molecule has 1 aliphatic rings. The van der Waals surface area contributed by atoms with E-state index in [9.17, 15) is 4.79 Å². The van der Waals surface area contributed by atoms with Gasteiger partial charge >= 0.3 is 0 Å². The van der Waals surface area contributed by atoms with E-state index in [0.717, 1.165) is 25.8 Å². The molecular formula is C11H22N2O. The Bertz CT molecular complexity index is 213. The Hall–Kier alpha value is -0.570. The van der Waals surface area contributed by atoms with Crippen LogP contribution in [0, 0.1) is 0 Å². The summed E-state index contributed by atoms with van der Waals surface area (Å²) in [6.45, 7) is 6.83. The summed E-state index contributed by atoms with van der Waals surface area (Å²) >= 11 is 0. The van der Waals surface area contributed by atoms with Crippen LogP contribution in [0.5, 0.6) is 0 Å². The van der Waals surface area contributed by atoms with Gasteiger partial charge in [-0.1, -0.05) is 13.8 Å². The van der Waals surface area contributed by atoms with Crippen molar-refractivity contribution < 1.29 is 4.79 Å². The molecule has 2 N–H and O–H groups in total. The van der Waals surface area contributed by atoms with Crippen molar-refractivity contribution in [2.75, 3.05) is 6.54 Å². The average Bonchev–Trinajstić information content (AvgIpc) is 2.64. The van der Waals surface area contributed by atoms with Crippen LogP contribution < -0.4 is 5.73 Å². The van der Waals surface area contributed by atoms with Gasteiger partial charge in [-0.3, -0.25) is 4.79 Å². The summed E-state index contributed by atoms with van der Waals surface area (Å²) in [6.07, 6.45) is 4.02. The van der Waals surface area contributed by atoms with Crippen molar-refractivity contribution in [2.45, 2.75) is 58.0 Å². The highest BCUT2D eigenvalue weighted by Crippen LogP contribution is 2.23. The summed E-state index contributed by atoms with van der Waals surface area (Å²) in [5.41, 5.74) is 5.30. The van der Waals surface area contributed by atoms with Crippen LogP contribution in [-0.4, -0.2) is 28.9 Å². The van der Waals surface area contributed by atoms with Gasteiger partial charge in [0.2, 0.25) is 5.91 Å². The van der Waals surface area contributed by atoms with E-state index in [-0.39, 0.29) is 5.91 Å². The number of nitrogens with two attached hydrogens (primary N) is 1. The van der Waals surface area contributed by atoms with Gasteiger partial charge in [0.05, 0.1) is 5.54 Å². The Morgan fingerprint density at radius 1 is 1.57 bits per heavy atom. The zero-order chi connectivity index (χ0) is 10.8. The molecule has 1 rings (SSSR count). The van der Waals surface area contributed by atoms with Crippen molar-refractivity contribution in [1.82, 2.24) is 4.90 Å². The molecule has 1 aliphatic heterocycles. The lowest BCUT2D eigenvalue weighted by Gasteiger charge is -2.32. The highest BCUT2D eigenvalue weighted by molar-refractivity contribution is 5.86. The number of carbonyl (C=O) groups is 1. The van der Waals surface area contributed by atoms with Gasteiger partial charge in [-0.2, -0.15) is 0 Å². The lowest BCUT2D eigenvalue weighted by molar-refractivity contribution is -0.137. The monoisotopic (exact) mass is 198 g/mol. The first kappa shape index (κ1) is 11.5. The summed E-state index contributed by atoms with van der Waals surface area (Å²) in [7, 11) is 0. The largest absolute Gasteiger partial charge is 0.338 e. The fraction of sp³-hybridized carbons (Fsp3) is 0.909. The predicted octanol–water partition coefficient (Wildman–Crippen LogP) is 1.51. The van der Waals surface area contributed by atoms with E-state index in [1.54, 1.807) is 0 Å². The number of hydrogen-bond donors (Lipinski definition) is 1. The minimum Gasteiger partial charge on any atom is -0.338 e. The molecule has 0 bridgehead atoms. The maximum atomic E-state index is 12.1. The average molecular weight is 198 g/mol. The van der Waals surface area contributed by atoms with Crippen LogP contribution >= 0.6 is 0 Å². The Morgan fingerprint density at radius 2 is 2.21 bits per heavy atom. The maximum absolute atomic E-state index is 12.1. The SMILES string of the molecule is CCC1CCCN1C(=O)C(C)(N)CC. The molecule has 1 heterocycles. The molecule has 1 fully saturated rings. The fourth-order valence-corrected chi connectivity index (χ4v) is 2.01. The number of hydrogen-bond acceptors (Lipinski definition) is 2. The predicted molar refractivity (Wildman–Crippen MR) is 57.9 cm³/mol. The van der Waals surface area contributed by atoms with E-state index in [1.165, 1.54) is 0 Å². The lowest BCUT2D eigenvalue weighted by Crippen LogP contribution is -2.54. The molecule has 14 heavy (non-hydrogen) atoms. The third-order valence-electron chi connectivity index (χ3n) is 3.33. The molecular weight excluding hydrogens is 176 g/mol. The Balaban J connectivity index is 2.69. The summed E-state index contributed by atoms with van der Waals surface area (Å²) in [5.74, 6) is 0.129. The highest BCUT2D eigenvalue weighted by Gasteiger charge is 2.36. The molecule has 0 aromatic carbocycles. The third kappa shape index (κ3) is 2.08. The molecule has 1 saturated heterocycles. The van der Waals surface area contributed by atoms with Gasteiger partial charge in [0.25, 0.3) is 0 Å². The van der Waals surface area contributed by atoms with Crippen LogP contribution in [0.25, 0.3) is 0 Å². The molecule has 82 valence electrons. The van der Waals surface area contributed by atoms with Crippen molar-refractivity contribution in [1.29, 1.82) is 0 Å². The van der Waals surface area contributed by atoms with Crippen LogP contribution in [0.1, 0.15) is 46.5 Å². The van der Waals surface area contributed by atoms with Gasteiger partial charge in [0.1, 0.15) is 0 Å². The number of nitrogens with zero attached hydrogens (tertiary/aromatic N) is 1. The first-order chi connectivity index (χ1) is 6.53. The van der Waals surface area contributed by atoms with Crippen molar-refractivity contribution >= 4 is 5.91 Å². The second kappa shape index (κ2) is 4.30. The van der Waals surface area contributed by atoms with Crippen LogP contribution in [0.15, 0.2) is 0 Å². The minimum atomic E-state index is -0.669. The van der Waals surface area contributed by atoms with Gasteiger partial charge in [0.15, 0.2) is 0 Å². The van der Waals surface area contributed by atoms with Crippen molar-refractivity contribution in [3.63, 3.8) is 0 Å². The van der Waals surface area contributed by atoms with Crippen LogP contribution in [0.2, 0.25) is 0 Å². The van der Waals surface area contributed by atoms with E-state index >= 15 is 0 Å². The van der Waals surface area contributed by atoms with Gasteiger partial charge in [0, 0.05) is 12.6 Å². The molecule has 0 spiro atoms. The number of rotatable bonds is 3. The van der Waals surface area contributed by atoms with E-state index in [4.69, 9.17) is 5.73 Å². The molecule has 0 aliphatic carbocycles. The molecule has 1 amide bonds. The molecule has 2 unspecified atom stereocenters. The molecule has 0 aromatic rings. The van der Waals surface area contributed by atoms with Gasteiger partial charge in [-0.15, -0.1) is 0 Å². The first-order valence-corrected chi connectivity index (χ1v) is 5.63. The van der Waals surface area contributed by atoms with Gasteiger partial charge < -0.3 is 10.6 Å². The third-order valence-corrected chi connectivity index (χ3v) is 3.33. The van der Waals surface area contributed by atoms with E-state index in [0.29, 0.717) is 12.5 Å². The van der Waals surface area contributed by atoms with Gasteiger partial charge in [-0.25, -0.2) is 0 Å². The standard InChI is InChI=1S/C11H22N2O/c1-4-9-7-6-8-13(9)10(14)11(3,12)5-2/h9H,4-8,12H2,1-3H3. The number of carbonyl (C=O) groups excluding carboxylic acids is 1. The maximum Gasteiger partial charge on any atom is 0.242 e. The van der Waals surface area contributed by atoms with Gasteiger partial charge in [-0.05, 0) is 32.6 Å². The van der Waals surface area contributed by atoms with E-state index in [2.05, 4.69) is 6.92 Å². The van der Waals surface area contributed by atoms with Crippen LogP contribution in [-0.2, 0) is 4.79 Å². The summed E-state index contributed by atoms with van der Waals surface area (Å²) in [4.78, 5) is 14.0. The van der Waals surface area contributed by atoms with E-state index in [1.807, 2.05) is 18.7 Å². The fourth-order valence-electron chi connectivity index (χ4n) is 2.01. The molecule has 0 radical (unpaired) electrons. The van der Waals surface area contributed by atoms with Crippen molar-refractivity contribution in [3.05, 3.63) is 0 Å². The second-order valence-electron chi connectivity index (χ2n) is 4.47. The highest BCUT2D eigenvalue weighted by atomic mass is 16.2. The zero-order valence-electron chi connectivity index (χ0n) is 9.55. The molecule has 3 heteroatoms. The second-order valence-corrected chi connectivity index (χ2v) is 4.47. The van der Waals surface area contributed by atoms with Crippen molar-refractivity contribution in [3.8, 4) is 0 Å². The molecule has 3 nitrogen and oxygen atoms in total. The first-order valence-electron chi connectivity index (χ1n) is 5.63. The Kier molecular flexibility index (Phi) is 3.53. The Labute approximate surface area is 86.6 Å². The number of amides is 1. The van der Waals surface area contributed by atoms with Crippen molar-refractivity contribution in [2.24, 2.45) is 5.73 Å². The molecule has 2 atom stereocenters. The zero-order valence-corrected chi connectivity index (χ0v) is 9.55. The topological polar surface area (TPSA) is 46.3 Å². The van der Waals surface area contributed by atoms with Crippen LogP contribution in [0.3, 0.4) is 0 Å². The smallest absolute Gasteiger partial charge is 0.242 e. The summed E-state index contributed by atoms with van der Waals surface area (Å²) in [6, 6.07) is 0.428. The van der Waals surface area contributed by atoms with Crippen LogP contribution in [0.4, 0.5) is 0 Å². The van der Waals surface area contributed by atoms with E-state index < -0.39 is 5.54 Å². The minimum absolute atomic E-state index is 0.129. The normalized spacial score (nSPS) is 26.3. The molecule has 0 saturated carbocycles.